The maximum absolute atomic E-state index is 2.42. The third-order valence-electron chi connectivity index (χ3n) is 9.41. The van der Waals surface area contributed by atoms with Gasteiger partial charge in [0.2, 0.25) is 0 Å². The molecule has 7 aromatic carbocycles. The Kier molecular flexibility index (Phi) is 7.19. The highest BCUT2D eigenvalue weighted by Crippen LogP contribution is 2.54. The van der Waals surface area contributed by atoms with Gasteiger partial charge in [0.25, 0.3) is 0 Å². The largest absolute Gasteiger partial charge is 0.310 e. The molecule has 0 atom stereocenters. The maximum Gasteiger partial charge on any atom is 0.0543 e. The van der Waals surface area contributed by atoms with Crippen molar-refractivity contribution < 1.29 is 0 Å². The molecule has 0 aromatic heterocycles. The van der Waals surface area contributed by atoms with Crippen LogP contribution in [0.5, 0.6) is 0 Å². The topological polar surface area (TPSA) is 6.48 Å². The lowest BCUT2D eigenvalue weighted by molar-refractivity contribution is 0.660. The van der Waals surface area contributed by atoms with E-state index in [9.17, 15) is 0 Å². The van der Waals surface area contributed by atoms with Crippen LogP contribution in [0.1, 0.15) is 25.0 Å². The molecule has 0 saturated heterocycles. The molecule has 1 aliphatic rings. The van der Waals surface area contributed by atoms with Crippen molar-refractivity contribution in [2.24, 2.45) is 0 Å². The second kappa shape index (κ2) is 11.8. The highest BCUT2D eigenvalue weighted by Gasteiger charge is 2.37. The highest BCUT2D eigenvalue weighted by atomic mass is 15.1. The fourth-order valence-corrected chi connectivity index (χ4v) is 7.18. The summed E-state index contributed by atoms with van der Waals surface area (Å²) in [6.45, 7) is 4.69. The van der Waals surface area contributed by atoms with Crippen LogP contribution in [0.15, 0.2) is 182 Å². The summed E-state index contributed by atoms with van der Waals surface area (Å²) in [4.78, 5) is 4.74. The van der Waals surface area contributed by atoms with Gasteiger partial charge < -0.3 is 9.80 Å². The number of hydrogen-bond acceptors (Lipinski definition) is 2. The average molecular weight is 605 g/mol. The monoisotopic (exact) mass is 604 g/mol. The van der Waals surface area contributed by atoms with Gasteiger partial charge in [0.15, 0.2) is 0 Å². The van der Waals surface area contributed by atoms with Gasteiger partial charge in [-0.1, -0.05) is 129 Å². The number of fused-ring (bicyclic) bond motifs is 3. The van der Waals surface area contributed by atoms with E-state index in [1.165, 1.54) is 39.1 Å². The van der Waals surface area contributed by atoms with E-state index in [0.29, 0.717) is 0 Å². The van der Waals surface area contributed by atoms with E-state index in [2.05, 4.69) is 206 Å². The van der Waals surface area contributed by atoms with E-state index in [4.69, 9.17) is 0 Å². The first-order chi connectivity index (χ1) is 23.1. The molecule has 0 saturated carbocycles. The van der Waals surface area contributed by atoms with E-state index < -0.39 is 0 Å². The number of nitrogens with zero attached hydrogens (tertiary/aromatic N) is 2. The SMILES string of the molecule is CC1(C)c2ccccc2-c2c(N(c3ccccc3)c3cccc(-c4cccc(N(c5ccccc5)c5ccccc5)c4)c3)cccc21. The second-order valence-electron chi connectivity index (χ2n) is 12.6. The number of anilines is 6. The van der Waals surface area contributed by atoms with Gasteiger partial charge in [0.05, 0.1) is 5.69 Å². The predicted octanol–water partition coefficient (Wildman–Crippen LogP) is 12.6. The molecule has 47 heavy (non-hydrogen) atoms. The zero-order valence-corrected chi connectivity index (χ0v) is 26.7. The molecule has 2 heteroatoms. The number of hydrogen-bond donors (Lipinski definition) is 0. The van der Waals surface area contributed by atoms with Gasteiger partial charge in [-0.2, -0.15) is 0 Å². The Morgan fingerprint density at radius 3 is 1.36 bits per heavy atom. The number of rotatable bonds is 7. The van der Waals surface area contributed by atoms with E-state index in [0.717, 1.165) is 28.4 Å². The van der Waals surface area contributed by atoms with Crippen molar-refractivity contribution in [3.8, 4) is 22.3 Å². The highest BCUT2D eigenvalue weighted by molar-refractivity contribution is 5.95. The second-order valence-corrected chi connectivity index (χ2v) is 12.6. The predicted molar refractivity (Wildman–Crippen MR) is 199 cm³/mol. The van der Waals surface area contributed by atoms with Crippen molar-refractivity contribution in [1.29, 1.82) is 0 Å². The van der Waals surface area contributed by atoms with E-state index >= 15 is 0 Å². The summed E-state index contributed by atoms with van der Waals surface area (Å²) in [7, 11) is 0. The summed E-state index contributed by atoms with van der Waals surface area (Å²) < 4.78 is 0. The molecule has 0 N–H and O–H groups in total. The molecule has 0 bridgehead atoms. The molecule has 0 spiro atoms. The Morgan fingerprint density at radius 1 is 0.362 bits per heavy atom. The Balaban J connectivity index is 1.27. The van der Waals surface area contributed by atoms with Crippen molar-refractivity contribution in [1.82, 2.24) is 0 Å². The summed E-state index contributed by atoms with van der Waals surface area (Å²) in [6, 6.07) is 65.4. The summed E-state index contributed by atoms with van der Waals surface area (Å²) in [6.07, 6.45) is 0. The van der Waals surface area contributed by atoms with Gasteiger partial charge in [-0.3, -0.25) is 0 Å². The Bertz CT molecular complexity index is 2130. The standard InChI is InChI=1S/C45H36N2/c1-45(2)41-28-13-12-27-40(41)44-42(45)29-16-30-43(44)47(37-23-10-5-11-24-37)39-26-15-18-34(32-39)33-17-14-25-38(31-33)46(35-19-6-3-7-20-35)36-21-8-4-9-22-36/h3-32H,1-2H3. The molecule has 0 radical (unpaired) electrons. The lowest BCUT2D eigenvalue weighted by Crippen LogP contribution is -2.16. The lowest BCUT2D eigenvalue weighted by atomic mass is 9.82. The number of benzene rings is 7. The van der Waals surface area contributed by atoms with Crippen LogP contribution in [0.4, 0.5) is 34.1 Å². The first-order valence-electron chi connectivity index (χ1n) is 16.3. The molecule has 1 aliphatic carbocycles. The molecular weight excluding hydrogens is 569 g/mol. The first kappa shape index (κ1) is 28.6. The molecule has 0 unspecified atom stereocenters. The van der Waals surface area contributed by atoms with Crippen molar-refractivity contribution in [3.05, 3.63) is 193 Å². The Morgan fingerprint density at radius 2 is 0.787 bits per heavy atom. The third kappa shape index (κ3) is 5.09. The van der Waals surface area contributed by atoms with E-state index in [1.807, 2.05) is 0 Å². The molecule has 7 aromatic rings. The van der Waals surface area contributed by atoms with Crippen LogP contribution in [0.3, 0.4) is 0 Å². The minimum atomic E-state index is -0.0734. The maximum atomic E-state index is 2.42. The molecule has 2 nitrogen and oxygen atoms in total. The van der Waals surface area contributed by atoms with Crippen LogP contribution >= 0.6 is 0 Å². The fourth-order valence-electron chi connectivity index (χ4n) is 7.18. The molecule has 0 heterocycles. The van der Waals surface area contributed by atoms with Crippen LogP contribution in [-0.4, -0.2) is 0 Å². The van der Waals surface area contributed by atoms with E-state index in [1.54, 1.807) is 0 Å². The minimum Gasteiger partial charge on any atom is -0.310 e. The summed E-state index contributed by atoms with van der Waals surface area (Å²) in [5.41, 5.74) is 14.4. The molecular formula is C45H36N2. The van der Waals surface area contributed by atoms with Gasteiger partial charge in [-0.15, -0.1) is 0 Å². The smallest absolute Gasteiger partial charge is 0.0543 e. The lowest BCUT2D eigenvalue weighted by Gasteiger charge is -2.29. The van der Waals surface area contributed by atoms with Gasteiger partial charge >= 0.3 is 0 Å². The van der Waals surface area contributed by atoms with Crippen LogP contribution in [-0.2, 0) is 5.41 Å². The molecule has 0 fully saturated rings. The van der Waals surface area contributed by atoms with Crippen LogP contribution in [0.2, 0.25) is 0 Å². The van der Waals surface area contributed by atoms with Gasteiger partial charge in [0, 0.05) is 39.4 Å². The summed E-state index contributed by atoms with van der Waals surface area (Å²) >= 11 is 0. The number of para-hydroxylation sites is 3. The quantitative estimate of drug-likeness (QED) is 0.179. The average Bonchev–Trinajstić information content (AvgIpc) is 3.37. The van der Waals surface area contributed by atoms with Crippen LogP contribution < -0.4 is 9.80 Å². The van der Waals surface area contributed by atoms with Crippen LogP contribution in [0, 0.1) is 0 Å². The van der Waals surface area contributed by atoms with Crippen molar-refractivity contribution in [3.63, 3.8) is 0 Å². The van der Waals surface area contributed by atoms with Crippen molar-refractivity contribution in [2.75, 3.05) is 9.80 Å². The molecule has 0 aliphatic heterocycles. The first-order valence-corrected chi connectivity index (χ1v) is 16.3. The zero-order valence-electron chi connectivity index (χ0n) is 26.7. The van der Waals surface area contributed by atoms with Gasteiger partial charge in [-0.05, 0) is 94.5 Å². The summed E-state index contributed by atoms with van der Waals surface area (Å²) in [5, 5.41) is 0. The fraction of sp³-hybridized carbons (Fsp3) is 0.0667. The van der Waals surface area contributed by atoms with Gasteiger partial charge in [-0.25, -0.2) is 0 Å². The third-order valence-corrected chi connectivity index (χ3v) is 9.41. The molecule has 0 amide bonds. The molecule has 226 valence electrons. The van der Waals surface area contributed by atoms with Crippen molar-refractivity contribution >= 4 is 34.1 Å². The van der Waals surface area contributed by atoms with Gasteiger partial charge in [0.1, 0.15) is 0 Å². The molecule has 8 rings (SSSR count). The Hall–Kier alpha value is -5.86. The van der Waals surface area contributed by atoms with E-state index in [-0.39, 0.29) is 5.41 Å². The Labute approximate surface area is 277 Å². The summed E-state index contributed by atoms with van der Waals surface area (Å²) in [5.74, 6) is 0. The van der Waals surface area contributed by atoms with Crippen LogP contribution in [0.25, 0.3) is 22.3 Å². The normalized spacial score (nSPS) is 12.6. The minimum absolute atomic E-state index is 0.0734. The zero-order chi connectivity index (χ0) is 31.8. The van der Waals surface area contributed by atoms with Crippen molar-refractivity contribution in [2.45, 2.75) is 19.3 Å².